The SMILES string of the molecule is COCCN1CCC(N(C=O)Cc2ccc(-c3ccc(C(F)(F)F)cc3)cc2)CC1. The molecule has 0 aliphatic carbocycles. The maximum absolute atomic E-state index is 12.7. The third-order valence-electron chi connectivity index (χ3n) is 5.64. The summed E-state index contributed by atoms with van der Waals surface area (Å²) >= 11 is 0. The molecule has 7 heteroatoms. The van der Waals surface area contributed by atoms with E-state index in [1.807, 2.05) is 29.2 Å². The molecule has 30 heavy (non-hydrogen) atoms. The molecule has 162 valence electrons. The Morgan fingerprint density at radius 1 is 1.03 bits per heavy atom. The van der Waals surface area contributed by atoms with E-state index in [2.05, 4.69) is 4.90 Å². The molecule has 2 aromatic rings. The number of likely N-dealkylation sites (tertiary alicyclic amines) is 1. The number of ether oxygens (including phenoxy) is 1. The van der Waals surface area contributed by atoms with E-state index >= 15 is 0 Å². The summed E-state index contributed by atoms with van der Waals surface area (Å²) in [4.78, 5) is 15.9. The highest BCUT2D eigenvalue weighted by Gasteiger charge is 2.30. The minimum Gasteiger partial charge on any atom is -0.383 e. The molecule has 0 bridgehead atoms. The Bertz CT molecular complexity index is 799. The summed E-state index contributed by atoms with van der Waals surface area (Å²) in [6.45, 7) is 4.05. The van der Waals surface area contributed by atoms with Crippen LogP contribution in [0.4, 0.5) is 13.2 Å². The summed E-state index contributed by atoms with van der Waals surface area (Å²) < 4.78 is 43.3. The number of rotatable bonds is 8. The van der Waals surface area contributed by atoms with Crippen molar-refractivity contribution in [2.45, 2.75) is 31.6 Å². The maximum atomic E-state index is 12.7. The molecular weight excluding hydrogens is 393 g/mol. The van der Waals surface area contributed by atoms with Crippen molar-refractivity contribution in [1.29, 1.82) is 0 Å². The van der Waals surface area contributed by atoms with Gasteiger partial charge in [0.25, 0.3) is 0 Å². The zero-order valence-corrected chi connectivity index (χ0v) is 17.1. The topological polar surface area (TPSA) is 32.8 Å². The van der Waals surface area contributed by atoms with Crippen molar-refractivity contribution in [3.63, 3.8) is 0 Å². The van der Waals surface area contributed by atoms with Gasteiger partial charge >= 0.3 is 6.18 Å². The van der Waals surface area contributed by atoms with Crippen molar-refractivity contribution < 1.29 is 22.7 Å². The van der Waals surface area contributed by atoms with Gasteiger partial charge in [0.05, 0.1) is 12.2 Å². The first kappa shape index (κ1) is 22.3. The van der Waals surface area contributed by atoms with Crippen LogP contribution in [0.2, 0.25) is 0 Å². The molecule has 0 atom stereocenters. The van der Waals surface area contributed by atoms with Crippen LogP contribution in [0.1, 0.15) is 24.0 Å². The van der Waals surface area contributed by atoms with Crippen LogP contribution in [0.5, 0.6) is 0 Å². The van der Waals surface area contributed by atoms with Gasteiger partial charge in [-0.25, -0.2) is 0 Å². The minimum atomic E-state index is -4.33. The Morgan fingerprint density at radius 3 is 2.10 bits per heavy atom. The molecule has 3 rings (SSSR count). The van der Waals surface area contributed by atoms with Crippen molar-refractivity contribution >= 4 is 6.41 Å². The number of amides is 1. The van der Waals surface area contributed by atoms with E-state index in [9.17, 15) is 18.0 Å². The van der Waals surface area contributed by atoms with Crippen LogP contribution in [-0.4, -0.2) is 55.6 Å². The number of methoxy groups -OCH3 is 1. The van der Waals surface area contributed by atoms with Crippen LogP contribution in [-0.2, 0) is 22.3 Å². The molecule has 0 aromatic heterocycles. The number of benzene rings is 2. The lowest BCUT2D eigenvalue weighted by atomic mass is 10.0. The zero-order chi connectivity index (χ0) is 21.6. The van der Waals surface area contributed by atoms with Gasteiger partial charge in [-0.15, -0.1) is 0 Å². The van der Waals surface area contributed by atoms with Crippen molar-refractivity contribution in [3.8, 4) is 11.1 Å². The average molecular weight is 420 g/mol. The molecule has 1 aliphatic rings. The number of carbonyl (C=O) groups is 1. The lowest BCUT2D eigenvalue weighted by molar-refractivity contribution is -0.137. The third-order valence-corrected chi connectivity index (χ3v) is 5.64. The van der Waals surface area contributed by atoms with Gasteiger partial charge in [-0.3, -0.25) is 4.79 Å². The molecule has 2 aromatic carbocycles. The van der Waals surface area contributed by atoms with Gasteiger partial charge in [0.1, 0.15) is 0 Å². The van der Waals surface area contributed by atoms with E-state index in [4.69, 9.17) is 4.74 Å². The van der Waals surface area contributed by atoms with E-state index in [-0.39, 0.29) is 6.04 Å². The fourth-order valence-corrected chi connectivity index (χ4v) is 3.81. The van der Waals surface area contributed by atoms with Crippen molar-refractivity contribution in [1.82, 2.24) is 9.80 Å². The number of alkyl halides is 3. The van der Waals surface area contributed by atoms with Crippen molar-refractivity contribution in [2.24, 2.45) is 0 Å². The molecule has 1 fully saturated rings. The molecule has 0 unspecified atom stereocenters. The normalized spacial score (nSPS) is 15.9. The predicted octanol–water partition coefficient (Wildman–Crippen LogP) is 4.44. The highest BCUT2D eigenvalue weighted by molar-refractivity contribution is 5.64. The van der Waals surface area contributed by atoms with Crippen LogP contribution < -0.4 is 0 Å². The second kappa shape index (κ2) is 10.1. The number of piperidine rings is 1. The molecule has 1 heterocycles. The van der Waals surface area contributed by atoms with Crippen LogP contribution in [0.25, 0.3) is 11.1 Å². The van der Waals surface area contributed by atoms with E-state index in [1.54, 1.807) is 7.11 Å². The van der Waals surface area contributed by atoms with E-state index in [1.165, 1.54) is 12.1 Å². The molecule has 1 saturated heterocycles. The summed E-state index contributed by atoms with van der Waals surface area (Å²) in [6.07, 6.45) is -1.54. The van der Waals surface area contributed by atoms with Crippen molar-refractivity contribution in [2.75, 3.05) is 33.4 Å². The number of nitrogens with zero attached hydrogens (tertiary/aromatic N) is 2. The van der Waals surface area contributed by atoms with Gasteiger partial charge in [-0.2, -0.15) is 13.2 Å². The fourth-order valence-electron chi connectivity index (χ4n) is 3.81. The first-order chi connectivity index (χ1) is 14.4. The number of hydrogen-bond donors (Lipinski definition) is 0. The molecule has 0 saturated carbocycles. The smallest absolute Gasteiger partial charge is 0.383 e. The maximum Gasteiger partial charge on any atom is 0.416 e. The van der Waals surface area contributed by atoms with E-state index in [0.29, 0.717) is 13.2 Å². The lowest BCUT2D eigenvalue weighted by Gasteiger charge is -2.36. The van der Waals surface area contributed by atoms with Gasteiger partial charge in [0.2, 0.25) is 6.41 Å². The Hall–Kier alpha value is -2.38. The summed E-state index contributed by atoms with van der Waals surface area (Å²) in [5.41, 5.74) is 1.92. The number of halogens is 3. The zero-order valence-electron chi connectivity index (χ0n) is 17.1. The molecule has 1 aliphatic heterocycles. The molecule has 0 spiro atoms. The van der Waals surface area contributed by atoms with Gasteiger partial charge in [-0.1, -0.05) is 36.4 Å². The number of carbonyl (C=O) groups excluding carboxylic acids is 1. The minimum absolute atomic E-state index is 0.218. The number of hydrogen-bond acceptors (Lipinski definition) is 3. The van der Waals surface area contributed by atoms with E-state index in [0.717, 1.165) is 67.7 Å². The second-order valence-corrected chi connectivity index (χ2v) is 7.62. The quantitative estimate of drug-likeness (QED) is 0.592. The highest BCUT2D eigenvalue weighted by atomic mass is 19.4. The predicted molar refractivity (Wildman–Crippen MR) is 110 cm³/mol. The first-order valence-corrected chi connectivity index (χ1v) is 10.1. The third kappa shape index (κ3) is 5.83. The molecule has 0 N–H and O–H groups in total. The first-order valence-electron chi connectivity index (χ1n) is 10.1. The molecular formula is C23H27F3N2O2. The average Bonchev–Trinajstić information content (AvgIpc) is 2.76. The lowest BCUT2D eigenvalue weighted by Crippen LogP contribution is -2.44. The van der Waals surface area contributed by atoms with Crippen LogP contribution >= 0.6 is 0 Å². The van der Waals surface area contributed by atoms with Gasteiger partial charge < -0.3 is 14.5 Å². The summed E-state index contributed by atoms with van der Waals surface area (Å²) in [5.74, 6) is 0. The Balaban J connectivity index is 1.58. The fraction of sp³-hybridized carbons (Fsp3) is 0.435. The Labute approximate surface area is 175 Å². The van der Waals surface area contributed by atoms with Crippen molar-refractivity contribution in [3.05, 3.63) is 59.7 Å². The second-order valence-electron chi connectivity index (χ2n) is 7.62. The Kier molecular flexibility index (Phi) is 7.50. The summed E-state index contributed by atoms with van der Waals surface area (Å²) in [5, 5.41) is 0. The largest absolute Gasteiger partial charge is 0.416 e. The van der Waals surface area contributed by atoms with Gasteiger partial charge in [0.15, 0.2) is 0 Å². The Morgan fingerprint density at radius 2 is 1.60 bits per heavy atom. The highest BCUT2D eigenvalue weighted by Crippen LogP contribution is 2.31. The monoisotopic (exact) mass is 420 g/mol. The molecule has 4 nitrogen and oxygen atoms in total. The molecule has 0 radical (unpaired) electrons. The molecule has 1 amide bonds. The van der Waals surface area contributed by atoms with Crippen LogP contribution in [0, 0.1) is 0 Å². The van der Waals surface area contributed by atoms with Gasteiger partial charge in [0, 0.05) is 39.3 Å². The van der Waals surface area contributed by atoms with Crippen LogP contribution in [0.15, 0.2) is 48.5 Å². The summed E-state index contributed by atoms with van der Waals surface area (Å²) in [6, 6.07) is 13.0. The van der Waals surface area contributed by atoms with Gasteiger partial charge in [-0.05, 0) is 41.7 Å². The standard InChI is InChI=1S/C23H27F3N2O2/c1-30-15-14-27-12-10-22(11-13-27)28(17-29)16-18-2-4-19(5-3-18)20-6-8-21(9-7-20)23(24,25)26/h2-9,17,22H,10-16H2,1H3. The summed E-state index contributed by atoms with van der Waals surface area (Å²) in [7, 11) is 1.70. The van der Waals surface area contributed by atoms with Crippen LogP contribution in [0.3, 0.4) is 0 Å². The van der Waals surface area contributed by atoms with E-state index < -0.39 is 11.7 Å².